The fourth-order valence-electron chi connectivity index (χ4n) is 3.08. The van der Waals surface area contributed by atoms with Gasteiger partial charge in [-0.05, 0) is 54.1 Å². The highest BCUT2D eigenvalue weighted by atomic mass is 35.5. The van der Waals surface area contributed by atoms with E-state index in [2.05, 4.69) is 15.6 Å². The van der Waals surface area contributed by atoms with Crippen LogP contribution in [0.25, 0.3) is 10.9 Å². The molecule has 0 saturated carbocycles. The second kappa shape index (κ2) is 9.59. The molecule has 0 fully saturated rings. The Morgan fingerprint density at radius 3 is 2.77 bits per heavy atom. The molecule has 160 valence electrons. The summed E-state index contributed by atoms with van der Waals surface area (Å²) in [5.74, 6) is 0.706. The highest BCUT2D eigenvalue weighted by molar-refractivity contribution is 6.31. The van der Waals surface area contributed by atoms with Crippen LogP contribution in [0.4, 0.5) is 22.0 Å². The number of nitrogens with one attached hydrogen (secondary N) is 2. The molecule has 2 amide bonds. The molecule has 2 heterocycles. The summed E-state index contributed by atoms with van der Waals surface area (Å²) < 4.78 is 24.0. The zero-order valence-corrected chi connectivity index (χ0v) is 18.0. The molecule has 7 nitrogen and oxygen atoms in total. The van der Waals surface area contributed by atoms with E-state index in [0.29, 0.717) is 38.6 Å². The van der Waals surface area contributed by atoms with Gasteiger partial charge in [-0.25, -0.2) is 9.78 Å². The third-order valence-electron chi connectivity index (χ3n) is 4.42. The highest BCUT2D eigenvalue weighted by Crippen LogP contribution is 2.29. The van der Waals surface area contributed by atoms with E-state index >= 15 is 0 Å². The number of aromatic nitrogens is 2. The third kappa shape index (κ3) is 5.02. The van der Waals surface area contributed by atoms with Gasteiger partial charge in [0, 0.05) is 29.3 Å². The minimum atomic E-state index is -1.88. The number of nitrogen functional groups attached to an aromatic ring is 1. The lowest BCUT2D eigenvalue weighted by Gasteiger charge is -2.12. The predicted molar refractivity (Wildman–Crippen MR) is 128 cm³/mol. The van der Waals surface area contributed by atoms with E-state index in [9.17, 15) is 4.79 Å². The topological polar surface area (TPSA) is 94.2 Å². The molecule has 9 heteroatoms. The van der Waals surface area contributed by atoms with Gasteiger partial charge in [0.25, 0.3) is 0 Å². The number of methoxy groups -OCH3 is 1. The number of benzene rings is 2. The lowest BCUT2D eigenvalue weighted by atomic mass is 10.2. The minimum absolute atomic E-state index is 0. The van der Waals surface area contributed by atoms with Crippen LogP contribution in [-0.2, 0) is 6.50 Å². The molecule has 0 aliphatic rings. The molecule has 2 aromatic heterocycles. The number of nitrogens with zero attached hydrogens (tertiary/aromatic N) is 2. The van der Waals surface area contributed by atoms with Crippen LogP contribution >= 0.6 is 24.0 Å². The van der Waals surface area contributed by atoms with Crippen LogP contribution in [0.2, 0.25) is 5.02 Å². The van der Waals surface area contributed by atoms with Crippen LogP contribution in [0.15, 0.2) is 67.0 Å². The Kier molecular flexibility index (Phi) is 6.05. The Morgan fingerprint density at radius 1 is 1.19 bits per heavy atom. The number of hydrogen-bond acceptors (Lipinski definition) is 4. The molecule has 0 spiro atoms. The fraction of sp³-hybridized carbons (Fsp3) is 0.0909. The standard InChI is InChI=1S/C22H20ClN5O2.ClH/c1-30-20-6-5-15(23)12-18(20)27-22(29)26-17-3-2-4-19-16(17)8-10-28(19)13-14-7-9-25-21(24)11-14;/h2-12H,13H2,1H3,(H2,24,25)(H2,26,27,29);1H/i13D2;. The van der Waals surface area contributed by atoms with Crippen molar-refractivity contribution in [3.05, 3.63) is 77.6 Å². The number of fused-ring (bicyclic) bond motifs is 1. The van der Waals surface area contributed by atoms with Crippen molar-refractivity contribution in [2.75, 3.05) is 23.5 Å². The van der Waals surface area contributed by atoms with Gasteiger partial charge >= 0.3 is 6.03 Å². The van der Waals surface area contributed by atoms with E-state index in [1.165, 1.54) is 23.9 Å². The lowest BCUT2D eigenvalue weighted by molar-refractivity contribution is 0.262. The maximum atomic E-state index is 12.6. The van der Waals surface area contributed by atoms with Crippen LogP contribution in [0, 0.1) is 0 Å². The van der Waals surface area contributed by atoms with Crippen LogP contribution in [0.1, 0.15) is 8.30 Å². The number of amides is 2. The number of urea groups is 1. The maximum absolute atomic E-state index is 12.6. The van der Waals surface area contributed by atoms with Crippen LogP contribution in [0.3, 0.4) is 0 Å². The molecule has 4 N–H and O–H groups in total. The number of anilines is 3. The number of hydrogen-bond donors (Lipinski definition) is 3. The molecule has 0 saturated heterocycles. The van der Waals surface area contributed by atoms with Gasteiger partial charge in [-0.1, -0.05) is 17.7 Å². The summed E-state index contributed by atoms with van der Waals surface area (Å²) in [6, 6.07) is 14.5. The predicted octanol–water partition coefficient (Wildman–Crippen LogP) is 5.39. The van der Waals surface area contributed by atoms with Gasteiger partial charge in [0.1, 0.15) is 11.6 Å². The molecule has 0 aliphatic heterocycles. The molecule has 0 bridgehead atoms. The summed E-state index contributed by atoms with van der Waals surface area (Å²) in [6.07, 6.45) is 3.10. The zero-order valence-electron chi connectivity index (χ0n) is 18.4. The summed E-state index contributed by atoms with van der Waals surface area (Å²) in [7, 11) is 1.50. The van der Waals surface area contributed by atoms with Crippen LogP contribution < -0.4 is 21.1 Å². The fourth-order valence-corrected chi connectivity index (χ4v) is 3.26. The van der Waals surface area contributed by atoms with E-state index in [-0.39, 0.29) is 18.2 Å². The van der Waals surface area contributed by atoms with Crippen molar-refractivity contribution >= 4 is 58.1 Å². The van der Waals surface area contributed by atoms with E-state index in [1.54, 1.807) is 54.7 Å². The number of carbonyl (C=O) groups excluding carboxylic acids is 1. The summed E-state index contributed by atoms with van der Waals surface area (Å²) >= 11 is 6.02. The summed E-state index contributed by atoms with van der Waals surface area (Å²) in [5, 5.41) is 6.66. The van der Waals surface area contributed by atoms with Gasteiger partial charge in [0.05, 0.1) is 26.7 Å². The van der Waals surface area contributed by atoms with Crippen LogP contribution in [-0.4, -0.2) is 22.7 Å². The molecule has 0 unspecified atom stereocenters. The van der Waals surface area contributed by atoms with Crippen molar-refractivity contribution in [2.24, 2.45) is 0 Å². The monoisotopic (exact) mass is 459 g/mol. The normalized spacial score (nSPS) is 11.8. The quantitative estimate of drug-likeness (QED) is 0.372. The van der Waals surface area contributed by atoms with Crippen LogP contribution in [0.5, 0.6) is 5.75 Å². The molecule has 0 radical (unpaired) electrons. The summed E-state index contributed by atoms with van der Waals surface area (Å²) in [5.41, 5.74) is 7.65. The van der Waals surface area contributed by atoms with Crippen molar-refractivity contribution in [1.82, 2.24) is 9.55 Å². The molecular formula is C22H21Cl2N5O2. The minimum Gasteiger partial charge on any atom is -0.495 e. The number of nitrogens with two attached hydrogens (primary N) is 1. The van der Waals surface area contributed by atoms with Gasteiger partial charge < -0.3 is 25.7 Å². The van der Waals surface area contributed by atoms with Crippen molar-refractivity contribution in [1.29, 1.82) is 0 Å². The van der Waals surface area contributed by atoms with Gasteiger partial charge in [-0.15, -0.1) is 12.4 Å². The molecule has 0 atom stereocenters. The van der Waals surface area contributed by atoms with E-state index in [4.69, 9.17) is 24.8 Å². The van der Waals surface area contributed by atoms with Crippen molar-refractivity contribution < 1.29 is 12.3 Å². The first-order chi connectivity index (χ1) is 15.3. The first kappa shape index (κ1) is 19.5. The van der Waals surface area contributed by atoms with Gasteiger partial charge in [-0.3, -0.25) is 0 Å². The molecule has 2 aromatic carbocycles. The molecule has 4 aromatic rings. The van der Waals surface area contributed by atoms with Crippen molar-refractivity contribution in [3.8, 4) is 5.75 Å². The largest absolute Gasteiger partial charge is 0.495 e. The molecule has 4 rings (SSSR count). The summed E-state index contributed by atoms with van der Waals surface area (Å²) in [4.78, 5) is 16.6. The average molecular weight is 460 g/mol. The Labute approximate surface area is 193 Å². The number of carbonyl (C=O) groups is 1. The Balaban J connectivity index is 0.00000306. The Morgan fingerprint density at radius 2 is 2.00 bits per heavy atom. The second-order valence-corrected chi connectivity index (χ2v) is 6.87. The first-order valence-electron chi connectivity index (χ1n) is 10.0. The number of pyridine rings is 1. The van der Waals surface area contributed by atoms with Gasteiger partial charge in [0.15, 0.2) is 0 Å². The number of ether oxygens (including phenoxy) is 1. The molecule has 31 heavy (non-hydrogen) atoms. The number of rotatable bonds is 5. The summed E-state index contributed by atoms with van der Waals surface area (Å²) in [6.45, 7) is -1.88. The third-order valence-corrected chi connectivity index (χ3v) is 4.66. The SMILES string of the molecule is Cl.[2H]C([2H])(c1ccnc(N)c1)n1ccc2c(NC(=O)Nc3cc(Cl)ccc3OC)cccc21. The highest BCUT2D eigenvalue weighted by Gasteiger charge is 2.12. The lowest BCUT2D eigenvalue weighted by Crippen LogP contribution is -2.20. The van der Waals surface area contributed by atoms with Crippen molar-refractivity contribution in [2.45, 2.75) is 6.50 Å². The maximum Gasteiger partial charge on any atom is 0.323 e. The average Bonchev–Trinajstić information content (AvgIpc) is 3.20. The number of halogens is 2. The van der Waals surface area contributed by atoms with E-state index < -0.39 is 12.5 Å². The zero-order chi connectivity index (χ0) is 22.9. The smallest absolute Gasteiger partial charge is 0.323 e. The second-order valence-electron chi connectivity index (χ2n) is 6.43. The van der Waals surface area contributed by atoms with E-state index in [1.807, 2.05) is 0 Å². The Hall–Kier alpha value is -3.42. The van der Waals surface area contributed by atoms with Crippen molar-refractivity contribution in [3.63, 3.8) is 0 Å². The molecule has 0 aliphatic carbocycles. The first-order valence-corrected chi connectivity index (χ1v) is 9.41. The van der Waals surface area contributed by atoms with E-state index in [0.717, 1.165) is 0 Å². The van der Waals surface area contributed by atoms with Gasteiger partial charge in [0.2, 0.25) is 0 Å². The Bertz CT molecular complexity index is 1310. The molecular weight excluding hydrogens is 437 g/mol. The van der Waals surface area contributed by atoms with Gasteiger partial charge in [-0.2, -0.15) is 0 Å².